The number of rotatable bonds is 10. The maximum Gasteiger partial charge on any atom is 0.243 e. The molecule has 1 heterocycles. The van der Waals surface area contributed by atoms with Crippen LogP contribution in [-0.4, -0.2) is 37.7 Å². The van der Waals surface area contributed by atoms with Crippen molar-refractivity contribution in [3.8, 4) is 0 Å². The van der Waals surface area contributed by atoms with Crippen LogP contribution in [0.2, 0.25) is 0 Å². The number of nitrogens with one attached hydrogen (secondary N) is 1. The maximum absolute atomic E-state index is 11.0. The van der Waals surface area contributed by atoms with E-state index in [4.69, 9.17) is 0 Å². The van der Waals surface area contributed by atoms with Gasteiger partial charge in [-0.15, -0.1) is 0 Å². The van der Waals surface area contributed by atoms with Gasteiger partial charge in [-0.25, -0.2) is 8.42 Å². The molecule has 0 aromatic carbocycles. The summed E-state index contributed by atoms with van der Waals surface area (Å²) in [6, 6.07) is 0. The molecule has 0 aromatic rings. The van der Waals surface area contributed by atoms with Gasteiger partial charge in [0.05, 0.1) is 6.20 Å². The molecule has 0 aromatic heterocycles. The van der Waals surface area contributed by atoms with Crippen LogP contribution in [0.5, 0.6) is 0 Å². The summed E-state index contributed by atoms with van der Waals surface area (Å²) in [5.74, 6) is 0. The van der Waals surface area contributed by atoms with Crippen molar-refractivity contribution in [2.75, 3.05) is 19.8 Å². The smallest absolute Gasteiger partial charge is 0.243 e. The van der Waals surface area contributed by atoms with Gasteiger partial charge in [0.1, 0.15) is 12.7 Å². The van der Waals surface area contributed by atoms with Gasteiger partial charge in [0.15, 0.2) is 6.67 Å². The number of thiol groups is 1. The van der Waals surface area contributed by atoms with Crippen molar-refractivity contribution in [3.63, 3.8) is 0 Å². The molecule has 0 radical (unpaired) electrons. The normalized spacial score (nSPS) is 22.6. The van der Waals surface area contributed by atoms with Gasteiger partial charge in [-0.1, -0.05) is 37.9 Å². The van der Waals surface area contributed by atoms with Crippen LogP contribution in [0, 0.1) is 0 Å². The van der Waals surface area contributed by atoms with Crippen LogP contribution in [0.1, 0.15) is 52.4 Å². The summed E-state index contributed by atoms with van der Waals surface area (Å²) in [5.41, 5.74) is 0. The highest BCUT2D eigenvalue weighted by molar-refractivity contribution is 7.70. The van der Waals surface area contributed by atoms with Crippen molar-refractivity contribution in [3.05, 3.63) is 12.4 Å². The minimum absolute atomic E-state index is 0.353. The van der Waals surface area contributed by atoms with Gasteiger partial charge >= 0.3 is 0 Å². The first-order valence-corrected chi connectivity index (χ1v) is 8.52. The third-order valence-electron chi connectivity index (χ3n) is 3.49. The summed E-state index contributed by atoms with van der Waals surface area (Å²) < 4.78 is 22.4. The quantitative estimate of drug-likeness (QED) is 0.367. The van der Waals surface area contributed by atoms with Gasteiger partial charge in [0, 0.05) is 6.54 Å². The molecule has 0 saturated heterocycles. The molecule has 1 rings (SSSR count). The Morgan fingerprint density at radius 3 is 2.53 bits per heavy atom. The lowest BCUT2D eigenvalue weighted by Gasteiger charge is -2.30. The van der Waals surface area contributed by atoms with Crippen LogP contribution in [-0.2, 0) is 10.9 Å². The molecule has 6 heteroatoms. The Balaban J connectivity index is 2.51. The van der Waals surface area contributed by atoms with Crippen LogP contribution in [0.3, 0.4) is 0 Å². The fraction of sp³-hybridized carbons (Fsp3) is 0.846. The molecule has 0 saturated carbocycles. The number of hydrogen-bond donors (Lipinski definition) is 2. The molecule has 0 aliphatic carbocycles. The van der Waals surface area contributed by atoms with Crippen LogP contribution in [0.25, 0.3) is 0 Å². The third kappa shape index (κ3) is 5.93. The van der Waals surface area contributed by atoms with E-state index in [0.29, 0.717) is 4.59 Å². The lowest BCUT2D eigenvalue weighted by Crippen LogP contribution is -2.54. The lowest BCUT2D eigenvalue weighted by molar-refractivity contribution is -0.910. The number of nitrogens with zero attached hydrogens (tertiary/aromatic N) is 2. The van der Waals surface area contributed by atoms with E-state index in [9.17, 15) is 8.42 Å². The molecule has 1 atom stereocenters. The number of hydrogen-bond acceptors (Lipinski definition) is 3. The van der Waals surface area contributed by atoms with Crippen molar-refractivity contribution in [2.24, 2.45) is 0 Å². The van der Waals surface area contributed by atoms with Crippen molar-refractivity contribution in [1.29, 1.82) is 0 Å². The molecule has 1 unspecified atom stereocenters. The van der Waals surface area contributed by atoms with Crippen molar-refractivity contribution in [2.45, 2.75) is 52.4 Å². The molecule has 0 bridgehead atoms. The molecule has 112 valence electrons. The molecule has 1 N–H and O–H groups in total. The van der Waals surface area contributed by atoms with Crippen molar-refractivity contribution < 1.29 is 13.0 Å². The van der Waals surface area contributed by atoms with Crippen molar-refractivity contribution >= 4 is 10.9 Å². The first-order valence-electron chi connectivity index (χ1n) is 7.34. The monoisotopic (exact) mass is 290 g/mol. The Labute approximate surface area is 118 Å². The average molecular weight is 290 g/mol. The zero-order valence-corrected chi connectivity index (χ0v) is 13.1. The van der Waals surface area contributed by atoms with E-state index in [1.54, 1.807) is 0 Å². The summed E-state index contributed by atoms with van der Waals surface area (Å²) in [4.78, 5) is 4.90. The number of unbranched alkanes of at least 4 members (excludes halogenated alkanes) is 4. The minimum Gasteiger partial charge on any atom is -0.325 e. The molecule has 1 aliphatic heterocycles. The van der Waals surface area contributed by atoms with E-state index in [1.807, 2.05) is 12.4 Å². The Hall–Kier alpha value is -0.590. The number of quaternary nitrogens is 1. The maximum atomic E-state index is 11.0. The first kappa shape index (κ1) is 16.5. The van der Waals surface area contributed by atoms with Crippen LogP contribution < -0.4 is 4.83 Å². The van der Waals surface area contributed by atoms with Gasteiger partial charge in [-0.05, 0) is 19.3 Å². The summed E-state index contributed by atoms with van der Waals surface area (Å²) in [5, 5.41) is 0. The SMILES string of the molecule is CCCCCC[N+]1(N[SH](=O)=O)C=CN(CCCC)C1. The van der Waals surface area contributed by atoms with Gasteiger partial charge in [-0.3, -0.25) is 0 Å². The van der Waals surface area contributed by atoms with Gasteiger partial charge in [-0.2, -0.15) is 4.59 Å². The highest BCUT2D eigenvalue weighted by Crippen LogP contribution is 2.17. The third-order valence-corrected chi connectivity index (χ3v) is 4.05. The van der Waals surface area contributed by atoms with E-state index in [0.717, 1.165) is 45.4 Å². The second kappa shape index (κ2) is 8.55. The summed E-state index contributed by atoms with van der Waals surface area (Å²) in [7, 11) is -2.57. The Morgan fingerprint density at radius 2 is 1.89 bits per heavy atom. The largest absolute Gasteiger partial charge is 0.325 e. The second-order valence-corrected chi connectivity index (χ2v) is 6.00. The predicted octanol–water partition coefficient (Wildman–Crippen LogP) is 1.96. The Kier molecular flexibility index (Phi) is 7.41. The van der Waals surface area contributed by atoms with Crippen LogP contribution in [0.15, 0.2) is 12.4 Å². The van der Waals surface area contributed by atoms with Crippen LogP contribution >= 0.6 is 0 Å². The Morgan fingerprint density at radius 1 is 1.16 bits per heavy atom. The van der Waals surface area contributed by atoms with E-state index in [2.05, 4.69) is 23.6 Å². The molecule has 19 heavy (non-hydrogen) atoms. The molecule has 0 fully saturated rings. The predicted molar refractivity (Wildman–Crippen MR) is 78.3 cm³/mol. The minimum atomic E-state index is -2.57. The standard InChI is InChI=1S/C13H28N3O2S/c1-3-5-7-8-11-16(14-19(17)18)12-10-15(13-16)9-6-4-2/h10,12,19H,3-9,11,13H2,1-2H3,(H,14,17,18)/q+1. The zero-order valence-electron chi connectivity index (χ0n) is 12.2. The van der Waals surface area contributed by atoms with E-state index >= 15 is 0 Å². The second-order valence-electron chi connectivity index (χ2n) is 5.28. The van der Waals surface area contributed by atoms with Gasteiger partial charge < -0.3 is 4.90 Å². The zero-order chi connectivity index (χ0) is 14.1. The summed E-state index contributed by atoms with van der Waals surface area (Å²) >= 11 is 0. The molecular formula is C13H28N3O2S+. The van der Waals surface area contributed by atoms with E-state index in [1.165, 1.54) is 12.8 Å². The lowest BCUT2D eigenvalue weighted by atomic mass is 10.2. The average Bonchev–Trinajstić information content (AvgIpc) is 2.75. The summed E-state index contributed by atoms with van der Waals surface area (Å²) in [6.45, 7) is 6.90. The molecule has 0 amide bonds. The van der Waals surface area contributed by atoms with E-state index < -0.39 is 10.9 Å². The molecule has 0 spiro atoms. The van der Waals surface area contributed by atoms with Gasteiger partial charge in [0.2, 0.25) is 10.9 Å². The summed E-state index contributed by atoms with van der Waals surface area (Å²) in [6.07, 6.45) is 10.9. The van der Waals surface area contributed by atoms with Crippen LogP contribution in [0.4, 0.5) is 0 Å². The van der Waals surface area contributed by atoms with Crippen molar-refractivity contribution in [1.82, 2.24) is 9.73 Å². The van der Waals surface area contributed by atoms with Gasteiger partial charge in [0.25, 0.3) is 0 Å². The molecule has 1 aliphatic rings. The Bertz CT molecular complexity index is 350. The van der Waals surface area contributed by atoms with E-state index in [-0.39, 0.29) is 0 Å². The molecule has 5 nitrogen and oxygen atoms in total. The highest BCUT2D eigenvalue weighted by atomic mass is 32.2. The first-order chi connectivity index (χ1) is 9.12. The highest BCUT2D eigenvalue weighted by Gasteiger charge is 2.32. The fourth-order valence-electron chi connectivity index (χ4n) is 2.39. The fourth-order valence-corrected chi connectivity index (χ4v) is 2.95. The molecular weight excluding hydrogens is 262 g/mol. The topological polar surface area (TPSA) is 49.4 Å².